The predicted octanol–water partition coefficient (Wildman–Crippen LogP) is 3.43. The first-order valence-electron chi connectivity index (χ1n) is 6.73. The summed E-state index contributed by atoms with van der Waals surface area (Å²) in [5.41, 5.74) is 8.27. The Labute approximate surface area is 128 Å². The minimum Gasteiger partial charge on any atom is -0.496 e. The van der Waals surface area contributed by atoms with Crippen LogP contribution in [-0.2, 0) is 19.4 Å². The van der Waals surface area contributed by atoms with E-state index in [-0.39, 0.29) is 6.04 Å². The van der Waals surface area contributed by atoms with Crippen molar-refractivity contribution in [1.29, 1.82) is 0 Å². The number of nitrogens with two attached hydrogens (primary N) is 1. The Morgan fingerprint density at radius 1 is 1.50 bits per heavy atom. The van der Waals surface area contributed by atoms with Crippen molar-refractivity contribution >= 4 is 22.9 Å². The number of rotatable bonds is 6. The minimum absolute atomic E-state index is 0.130. The third-order valence-electron chi connectivity index (χ3n) is 3.32. The molecule has 0 aromatic carbocycles. The number of hydrogen-bond acceptors (Lipinski definition) is 4. The van der Waals surface area contributed by atoms with Crippen LogP contribution in [0.25, 0.3) is 0 Å². The molecule has 2 aromatic heterocycles. The molecule has 20 heavy (non-hydrogen) atoms. The van der Waals surface area contributed by atoms with E-state index in [0.717, 1.165) is 40.0 Å². The predicted molar refractivity (Wildman–Crippen MR) is 83.8 cm³/mol. The van der Waals surface area contributed by atoms with Gasteiger partial charge in [0.15, 0.2) is 0 Å². The summed E-state index contributed by atoms with van der Waals surface area (Å²) < 4.78 is 7.28. The average Bonchev–Trinajstić information content (AvgIpc) is 3.04. The lowest BCUT2D eigenvalue weighted by Crippen LogP contribution is -2.16. The van der Waals surface area contributed by atoms with E-state index in [1.807, 2.05) is 16.1 Å². The Morgan fingerprint density at radius 2 is 2.25 bits per heavy atom. The Hall–Kier alpha value is -1.04. The zero-order valence-electron chi connectivity index (χ0n) is 12.0. The monoisotopic (exact) mass is 313 g/mol. The van der Waals surface area contributed by atoms with Crippen molar-refractivity contribution in [2.24, 2.45) is 5.73 Å². The van der Waals surface area contributed by atoms with E-state index in [1.165, 1.54) is 0 Å². The molecule has 0 bridgehead atoms. The van der Waals surface area contributed by atoms with Crippen LogP contribution in [0.3, 0.4) is 0 Å². The first-order chi connectivity index (χ1) is 9.62. The van der Waals surface area contributed by atoms with E-state index in [4.69, 9.17) is 22.1 Å². The van der Waals surface area contributed by atoms with E-state index in [9.17, 15) is 0 Å². The topological polar surface area (TPSA) is 53.1 Å². The highest BCUT2D eigenvalue weighted by atomic mass is 35.5. The first-order valence-corrected chi connectivity index (χ1v) is 7.99. The van der Waals surface area contributed by atoms with Crippen LogP contribution >= 0.6 is 22.9 Å². The molecule has 0 aliphatic rings. The number of methoxy groups -OCH3 is 1. The fraction of sp³-hybridized carbons (Fsp3) is 0.500. The first kappa shape index (κ1) is 15.4. The molecule has 110 valence electrons. The Bertz CT molecular complexity index is 579. The lowest BCUT2D eigenvalue weighted by Gasteiger charge is -2.13. The molecule has 6 heteroatoms. The van der Waals surface area contributed by atoms with Crippen molar-refractivity contribution < 1.29 is 4.74 Å². The summed E-state index contributed by atoms with van der Waals surface area (Å²) in [4.78, 5) is 1.05. The molecule has 0 amide bonds. The zero-order chi connectivity index (χ0) is 14.7. The normalized spacial score (nSPS) is 12.7. The molecule has 2 heterocycles. The minimum atomic E-state index is -0.130. The van der Waals surface area contributed by atoms with Gasteiger partial charge in [-0.05, 0) is 24.8 Å². The zero-order valence-corrected chi connectivity index (χ0v) is 13.6. The van der Waals surface area contributed by atoms with E-state index in [1.54, 1.807) is 18.4 Å². The highest BCUT2D eigenvalue weighted by Gasteiger charge is 2.20. The average molecular weight is 314 g/mol. The number of aryl methyl sites for hydroxylation is 2. The van der Waals surface area contributed by atoms with Crippen LogP contribution in [0.4, 0.5) is 0 Å². The van der Waals surface area contributed by atoms with Crippen LogP contribution < -0.4 is 10.5 Å². The van der Waals surface area contributed by atoms with Gasteiger partial charge in [0.25, 0.3) is 0 Å². The third-order valence-corrected chi connectivity index (χ3v) is 4.79. The molecule has 0 fully saturated rings. The number of halogens is 1. The van der Waals surface area contributed by atoms with Crippen LogP contribution in [0.15, 0.2) is 11.4 Å². The van der Waals surface area contributed by atoms with Gasteiger partial charge < -0.3 is 10.5 Å². The number of thiophene rings is 1. The van der Waals surface area contributed by atoms with E-state index < -0.39 is 0 Å². The van der Waals surface area contributed by atoms with Crippen LogP contribution in [0.5, 0.6) is 5.75 Å². The van der Waals surface area contributed by atoms with Crippen LogP contribution in [0.2, 0.25) is 5.02 Å². The summed E-state index contributed by atoms with van der Waals surface area (Å²) >= 11 is 8.03. The fourth-order valence-electron chi connectivity index (χ4n) is 2.26. The molecule has 0 spiro atoms. The highest BCUT2D eigenvalue weighted by molar-refractivity contribution is 7.10. The number of ether oxygens (including phenoxy) is 1. The molecule has 0 aliphatic carbocycles. The summed E-state index contributed by atoms with van der Waals surface area (Å²) in [7, 11) is 1.66. The molecule has 1 unspecified atom stereocenters. The van der Waals surface area contributed by atoms with Crippen molar-refractivity contribution in [3.8, 4) is 5.75 Å². The maximum atomic E-state index is 6.42. The summed E-state index contributed by atoms with van der Waals surface area (Å²) in [5, 5.41) is 7.27. The van der Waals surface area contributed by atoms with Crippen molar-refractivity contribution in [3.05, 3.63) is 32.7 Å². The summed E-state index contributed by atoms with van der Waals surface area (Å²) in [6.45, 7) is 4.91. The molecule has 0 saturated heterocycles. The second-order valence-electron chi connectivity index (χ2n) is 4.54. The number of aromatic nitrogens is 2. The Morgan fingerprint density at radius 3 is 2.85 bits per heavy atom. The number of hydrogen-bond donors (Lipinski definition) is 1. The lowest BCUT2D eigenvalue weighted by molar-refractivity contribution is 0.408. The van der Waals surface area contributed by atoms with Crippen LogP contribution in [0.1, 0.15) is 36.2 Å². The maximum Gasteiger partial charge on any atom is 0.134 e. The molecule has 0 radical (unpaired) electrons. The van der Waals surface area contributed by atoms with E-state index in [2.05, 4.69) is 18.9 Å². The van der Waals surface area contributed by atoms with Gasteiger partial charge in [-0.1, -0.05) is 18.5 Å². The van der Waals surface area contributed by atoms with Gasteiger partial charge in [-0.3, -0.25) is 4.68 Å². The summed E-state index contributed by atoms with van der Waals surface area (Å²) in [5.74, 6) is 0.844. The lowest BCUT2D eigenvalue weighted by atomic mass is 10.1. The van der Waals surface area contributed by atoms with Crippen molar-refractivity contribution in [3.63, 3.8) is 0 Å². The van der Waals surface area contributed by atoms with Gasteiger partial charge in [-0.25, -0.2) is 0 Å². The molecular weight excluding hydrogens is 294 g/mol. The molecule has 2 N–H and O–H groups in total. The second-order valence-corrected chi connectivity index (χ2v) is 5.87. The van der Waals surface area contributed by atoms with Crippen LogP contribution in [0, 0.1) is 0 Å². The molecule has 0 saturated carbocycles. The van der Waals surface area contributed by atoms with Crippen molar-refractivity contribution in [2.75, 3.05) is 7.11 Å². The standard InChI is InChI=1S/C14H20ClN3OS/c1-4-10-13(15)11(18(5-2)17-10)8-9(16)14-12(19-3)6-7-20-14/h6-7,9H,4-5,8,16H2,1-3H3. The van der Waals surface area contributed by atoms with Gasteiger partial charge in [0.05, 0.1) is 28.4 Å². The summed E-state index contributed by atoms with van der Waals surface area (Å²) in [6, 6.07) is 1.81. The van der Waals surface area contributed by atoms with Gasteiger partial charge in [0, 0.05) is 19.0 Å². The molecule has 2 rings (SSSR count). The van der Waals surface area contributed by atoms with Gasteiger partial charge >= 0.3 is 0 Å². The largest absolute Gasteiger partial charge is 0.496 e. The second kappa shape index (κ2) is 6.61. The Balaban J connectivity index is 2.27. The molecule has 4 nitrogen and oxygen atoms in total. The smallest absolute Gasteiger partial charge is 0.134 e. The van der Waals surface area contributed by atoms with Gasteiger partial charge in [-0.2, -0.15) is 5.10 Å². The Kier molecular flexibility index (Phi) is 5.07. The van der Waals surface area contributed by atoms with E-state index in [0.29, 0.717) is 6.42 Å². The summed E-state index contributed by atoms with van der Waals surface area (Å²) in [6.07, 6.45) is 1.49. The third kappa shape index (κ3) is 2.85. The van der Waals surface area contributed by atoms with Crippen molar-refractivity contribution in [2.45, 2.75) is 39.3 Å². The van der Waals surface area contributed by atoms with Gasteiger partial charge in [0.2, 0.25) is 0 Å². The molecule has 2 aromatic rings. The molecule has 0 aliphatic heterocycles. The van der Waals surface area contributed by atoms with Gasteiger partial charge in [0.1, 0.15) is 5.75 Å². The molecular formula is C14H20ClN3OS. The highest BCUT2D eigenvalue weighted by Crippen LogP contribution is 2.33. The SMILES string of the molecule is CCc1nn(CC)c(CC(N)c2sccc2OC)c1Cl. The van der Waals surface area contributed by atoms with E-state index >= 15 is 0 Å². The number of nitrogens with zero attached hydrogens (tertiary/aromatic N) is 2. The van der Waals surface area contributed by atoms with Gasteiger partial charge in [-0.15, -0.1) is 11.3 Å². The molecule has 1 atom stereocenters. The maximum absolute atomic E-state index is 6.42. The quantitative estimate of drug-likeness (QED) is 0.889. The van der Waals surface area contributed by atoms with Crippen molar-refractivity contribution in [1.82, 2.24) is 9.78 Å². The fourth-order valence-corrected chi connectivity index (χ4v) is 3.47. The van der Waals surface area contributed by atoms with Crippen LogP contribution in [-0.4, -0.2) is 16.9 Å².